The Morgan fingerprint density at radius 3 is 2.17 bits per heavy atom. The number of sulfonamides is 1. The molecule has 0 saturated heterocycles. The van der Waals surface area contributed by atoms with Gasteiger partial charge >= 0.3 is 0 Å². The maximum atomic E-state index is 12.7. The van der Waals surface area contributed by atoms with Gasteiger partial charge in [0, 0.05) is 6.54 Å². The Labute approximate surface area is 168 Å². The van der Waals surface area contributed by atoms with Gasteiger partial charge in [-0.1, -0.05) is 0 Å². The average Bonchev–Trinajstić information content (AvgIpc) is 3.00. The standard InChI is InChI=1S/C19H20N2O7S/c1-4-28-17-15(26-2)7-11(8-16(17)27-3)10-20-29(24,25)12-5-6-13-14(9-12)19(23)21-18(13)22/h5-9,20H,4,10H2,1-3H3,(H,21,22,23). The molecule has 9 nitrogen and oxygen atoms in total. The van der Waals surface area contributed by atoms with Crippen molar-refractivity contribution < 1.29 is 32.2 Å². The second-order valence-corrected chi connectivity index (χ2v) is 7.84. The molecule has 0 fully saturated rings. The Balaban J connectivity index is 1.85. The highest BCUT2D eigenvalue weighted by molar-refractivity contribution is 7.89. The molecule has 0 bridgehead atoms. The molecular formula is C19H20N2O7S. The normalized spacial score (nSPS) is 13.1. The Kier molecular flexibility index (Phi) is 5.76. The van der Waals surface area contributed by atoms with E-state index >= 15 is 0 Å². The third-order valence-corrected chi connectivity index (χ3v) is 5.69. The molecule has 0 aromatic heterocycles. The van der Waals surface area contributed by atoms with Crippen molar-refractivity contribution in [1.82, 2.24) is 10.0 Å². The van der Waals surface area contributed by atoms with Crippen molar-refractivity contribution in [2.75, 3.05) is 20.8 Å². The van der Waals surface area contributed by atoms with Gasteiger partial charge in [-0.25, -0.2) is 13.1 Å². The number of ether oxygens (including phenoxy) is 3. The fraction of sp³-hybridized carbons (Fsp3) is 0.263. The summed E-state index contributed by atoms with van der Waals surface area (Å²) in [5.41, 5.74) is 0.761. The quantitative estimate of drug-likeness (QED) is 0.621. The zero-order chi connectivity index (χ0) is 21.2. The highest BCUT2D eigenvalue weighted by atomic mass is 32.2. The van der Waals surface area contributed by atoms with Gasteiger partial charge < -0.3 is 14.2 Å². The van der Waals surface area contributed by atoms with Crippen LogP contribution >= 0.6 is 0 Å². The highest BCUT2D eigenvalue weighted by Gasteiger charge is 2.28. The molecule has 10 heteroatoms. The molecule has 3 rings (SSSR count). The summed E-state index contributed by atoms with van der Waals surface area (Å²) in [6.45, 7) is 2.18. The zero-order valence-corrected chi connectivity index (χ0v) is 16.9. The fourth-order valence-corrected chi connectivity index (χ4v) is 3.94. The summed E-state index contributed by atoms with van der Waals surface area (Å²) in [4.78, 5) is 23.3. The summed E-state index contributed by atoms with van der Waals surface area (Å²) >= 11 is 0. The summed E-state index contributed by atoms with van der Waals surface area (Å²) in [5, 5.41) is 2.13. The zero-order valence-electron chi connectivity index (χ0n) is 16.1. The molecular weight excluding hydrogens is 400 g/mol. The van der Waals surface area contributed by atoms with E-state index in [0.29, 0.717) is 29.4 Å². The van der Waals surface area contributed by atoms with E-state index in [2.05, 4.69) is 10.0 Å². The minimum Gasteiger partial charge on any atom is -0.493 e. The first-order chi connectivity index (χ1) is 13.8. The molecule has 1 aliphatic heterocycles. The van der Waals surface area contributed by atoms with Gasteiger partial charge in [-0.05, 0) is 42.8 Å². The van der Waals surface area contributed by atoms with Crippen molar-refractivity contribution in [3.05, 3.63) is 47.0 Å². The lowest BCUT2D eigenvalue weighted by Gasteiger charge is -2.15. The lowest BCUT2D eigenvalue weighted by molar-refractivity contribution is 0.0879. The molecule has 2 amide bonds. The number of benzene rings is 2. The molecule has 0 radical (unpaired) electrons. The summed E-state index contributed by atoms with van der Waals surface area (Å²) in [6.07, 6.45) is 0. The topological polar surface area (TPSA) is 120 Å². The van der Waals surface area contributed by atoms with Gasteiger partial charge in [0.25, 0.3) is 11.8 Å². The van der Waals surface area contributed by atoms with Crippen LogP contribution in [0.25, 0.3) is 0 Å². The average molecular weight is 420 g/mol. The molecule has 1 heterocycles. The lowest BCUT2D eigenvalue weighted by Crippen LogP contribution is -2.23. The predicted molar refractivity (Wildman–Crippen MR) is 103 cm³/mol. The molecule has 2 aromatic rings. The van der Waals surface area contributed by atoms with E-state index < -0.39 is 21.8 Å². The number of carbonyl (C=O) groups excluding carboxylic acids is 2. The number of imide groups is 1. The van der Waals surface area contributed by atoms with Crippen LogP contribution in [0.15, 0.2) is 35.2 Å². The monoisotopic (exact) mass is 420 g/mol. The maximum Gasteiger partial charge on any atom is 0.258 e. The van der Waals surface area contributed by atoms with Gasteiger partial charge in [-0.3, -0.25) is 14.9 Å². The molecule has 2 aromatic carbocycles. The van der Waals surface area contributed by atoms with Crippen LogP contribution in [0.2, 0.25) is 0 Å². The van der Waals surface area contributed by atoms with E-state index in [1.54, 1.807) is 12.1 Å². The van der Waals surface area contributed by atoms with Crippen LogP contribution in [0, 0.1) is 0 Å². The number of hydrogen-bond donors (Lipinski definition) is 2. The molecule has 0 saturated carbocycles. The van der Waals surface area contributed by atoms with Crippen LogP contribution < -0.4 is 24.2 Å². The second kappa shape index (κ2) is 8.10. The molecule has 154 valence electrons. The molecule has 0 aliphatic carbocycles. The number of rotatable bonds is 8. The van der Waals surface area contributed by atoms with Crippen molar-refractivity contribution in [2.24, 2.45) is 0 Å². The van der Waals surface area contributed by atoms with Crippen LogP contribution in [0.3, 0.4) is 0 Å². The van der Waals surface area contributed by atoms with E-state index in [0.717, 1.165) is 0 Å². The lowest BCUT2D eigenvalue weighted by atomic mass is 10.1. The summed E-state index contributed by atoms with van der Waals surface area (Å²) in [5.74, 6) is 0.0816. The third-order valence-electron chi connectivity index (χ3n) is 4.29. The largest absolute Gasteiger partial charge is 0.493 e. The summed E-state index contributed by atoms with van der Waals surface area (Å²) in [7, 11) is -0.986. The van der Waals surface area contributed by atoms with Crippen molar-refractivity contribution >= 4 is 21.8 Å². The molecule has 2 N–H and O–H groups in total. The Hall–Kier alpha value is -3.11. The smallest absolute Gasteiger partial charge is 0.258 e. The first-order valence-corrected chi connectivity index (χ1v) is 10.2. The van der Waals surface area contributed by atoms with Crippen LogP contribution in [0.1, 0.15) is 33.2 Å². The second-order valence-electron chi connectivity index (χ2n) is 6.08. The third kappa shape index (κ3) is 4.03. The Morgan fingerprint density at radius 2 is 1.59 bits per heavy atom. The van der Waals surface area contributed by atoms with E-state index in [9.17, 15) is 18.0 Å². The number of fused-ring (bicyclic) bond motifs is 1. The van der Waals surface area contributed by atoms with E-state index in [-0.39, 0.29) is 22.6 Å². The molecule has 1 aliphatic rings. The maximum absolute atomic E-state index is 12.7. The van der Waals surface area contributed by atoms with Gasteiger partial charge in [0.2, 0.25) is 15.8 Å². The van der Waals surface area contributed by atoms with Gasteiger partial charge in [0.1, 0.15) is 0 Å². The van der Waals surface area contributed by atoms with E-state index in [1.807, 2.05) is 6.92 Å². The fourth-order valence-electron chi connectivity index (χ4n) is 2.90. The molecule has 29 heavy (non-hydrogen) atoms. The van der Waals surface area contributed by atoms with Crippen LogP contribution in [0.5, 0.6) is 17.2 Å². The van der Waals surface area contributed by atoms with Crippen molar-refractivity contribution in [2.45, 2.75) is 18.4 Å². The van der Waals surface area contributed by atoms with Crippen LogP contribution in [-0.2, 0) is 16.6 Å². The van der Waals surface area contributed by atoms with Crippen molar-refractivity contribution in [1.29, 1.82) is 0 Å². The number of amides is 2. The van der Waals surface area contributed by atoms with Crippen LogP contribution in [0.4, 0.5) is 0 Å². The molecule has 0 unspecified atom stereocenters. The number of carbonyl (C=O) groups is 2. The molecule has 0 spiro atoms. The minimum atomic E-state index is -3.93. The summed E-state index contributed by atoms with van der Waals surface area (Å²) in [6, 6.07) is 7.05. The summed E-state index contributed by atoms with van der Waals surface area (Å²) < 4.78 is 43.9. The highest BCUT2D eigenvalue weighted by Crippen LogP contribution is 2.38. The molecule has 0 atom stereocenters. The minimum absolute atomic E-state index is 0.0299. The van der Waals surface area contributed by atoms with Crippen molar-refractivity contribution in [3.63, 3.8) is 0 Å². The SMILES string of the molecule is CCOc1c(OC)cc(CNS(=O)(=O)c2ccc3c(c2)C(=O)NC3=O)cc1OC. The number of nitrogens with one attached hydrogen (secondary N) is 2. The number of hydrogen-bond acceptors (Lipinski definition) is 7. The van der Waals surface area contributed by atoms with E-state index in [4.69, 9.17) is 14.2 Å². The predicted octanol–water partition coefficient (Wildman–Crippen LogP) is 1.46. The number of methoxy groups -OCH3 is 2. The first-order valence-electron chi connectivity index (χ1n) is 8.67. The van der Waals surface area contributed by atoms with E-state index in [1.165, 1.54) is 32.4 Å². The van der Waals surface area contributed by atoms with Crippen LogP contribution in [-0.4, -0.2) is 41.1 Å². The van der Waals surface area contributed by atoms with Gasteiger partial charge in [0.15, 0.2) is 11.5 Å². The first kappa shape index (κ1) is 20.6. The van der Waals surface area contributed by atoms with Gasteiger partial charge in [0.05, 0.1) is 36.8 Å². The van der Waals surface area contributed by atoms with Crippen molar-refractivity contribution in [3.8, 4) is 17.2 Å². The van der Waals surface area contributed by atoms with Gasteiger partial charge in [-0.2, -0.15) is 0 Å². The Bertz CT molecular complexity index is 1050. The Morgan fingerprint density at radius 1 is 0.966 bits per heavy atom. The van der Waals surface area contributed by atoms with Gasteiger partial charge in [-0.15, -0.1) is 0 Å².